The molecule has 0 aliphatic heterocycles. The summed E-state index contributed by atoms with van der Waals surface area (Å²) in [4.78, 5) is 20.8. The number of carbonyl (C=O) groups excluding carboxylic acids is 1. The first-order chi connectivity index (χ1) is 7.93. The van der Waals surface area contributed by atoms with Gasteiger partial charge >= 0.3 is 0 Å². The van der Waals surface area contributed by atoms with Crippen LogP contribution >= 0.6 is 0 Å². The van der Waals surface area contributed by atoms with Crippen LogP contribution in [0.2, 0.25) is 0 Å². The summed E-state index contributed by atoms with van der Waals surface area (Å²) in [5.41, 5.74) is 3.28. The van der Waals surface area contributed by atoms with Gasteiger partial charge in [0, 0.05) is 0 Å². The third-order valence-corrected chi connectivity index (χ3v) is 2.03. The van der Waals surface area contributed by atoms with Gasteiger partial charge in [0.05, 0.1) is 25.2 Å². The maximum absolute atomic E-state index is 13.8. The zero-order valence-electron chi connectivity index (χ0n) is 9.02. The summed E-state index contributed by atoms with van der Waals surface area (Å²) < 4.78 is 23.2. The molecule has 1 amide bonds. The Balaban J connectivity index is 3.67. The molecule has 1 aromatic rings. The van der Waals surface area contributed by atoms with Crippen molar-refractivity contribution in [1.29, 1.82) is 0 Å². The number of nitrogens with zero attached hydrogens (tertiary/aromatic N) is 1. The number of amides is 1. The minimum absolute atomic E-state index is 0.193. The summed E-state index contributed by atoms with van der Waals surface area (Å²) in [5, 5.41) is 10.7. The second kappa shape index (κ2) is 4.64. The van der Waals surface area contributed by atoms with Gasteiger partial charge in [0.15, 0.2) is 22.9 Å². The van der Waals surface area contributed by atoms with E-state index in [0.717, 1.165) is 13.2 Å². The number of ether oxygens (including phenoxy) is 2. The van der Waals surface area contributed by atoms with E-state index in [9.17, 15) is 19.3 Å². The SMILES string of the molecule is COc1cc([N+](=O)[O-])c(C(N)=O)c(F)c1OC. The standard InChI is InChI=1S/C9H9FN2O5/c1-16-5-3-4(12(14)15)6(9(11)13)7(10)8(5)17-2/h3H,1-2H3,(H2,11,13). The van der Waals surface area contributed by atoms with E-state index in [1.165, 1.54) is 7.11 Å². The highest BCUT2D eigenvalue weighted by Gasteiger charge is 2.29. The van der Waals surface area contributed by atoms with E-state index in [1.807, 2.05) is 0 Å². The largest absolute Gasteiger partial charge is 0.492 e. The molecule has 1 rings (SSSR count). The van der Waals surface area contributed by atoms with Crippen molar-refractivity contribution in [2.75, 3.05) is 14.2 Å². The van der Waals surface area contributed by atoms with Gasteiger partial charge in [-0.15, -0.1) is 0 Å². The molecule has 0 saturated carbocycles. The molecule has 0 heterocycles. The lowest BCUT2D eigenvalue weighted by Crippen LogP contribution is -2.16. The number of primary amides is 1. The number of benzene rings is 1. The number of nitrogens with two attached hydrogens (primary N) is 1. The maximum Gasteiger partial charge on any atom is 0.289 e. The normalized spacial score (nSPS) is 9.82. The number of methoxy groups -OCH3 is 2. The van der Waals surface area contributed by atoms with Crippen molar-refractivity contribution in [3.05, 3.63) is 27.6 Å². The molecule has 0 saturated heterocycles. The van der Waals surface area contributed by atoms with E-state index in [2.05, 4.69) is 4.74 Å². The Kier molecular flexibility index (Phi) is 3.46. The summed E-state index contributed by atoms with van der Waals surface area (Å²) in [6.07, 6.45) is 0. The van der Waals surface area contributed by atoms with Gasteiger partial charge in [-0.25, -0.2) is 4.39 Å². The molecule has 0 aliphatic rings. The number of carbonyl (C=O) groups is 1. The summed E-state index contributed by atoms with van der Waals surface area (Å²) in [7, 11) is 2.32. The van der Waals surface area contributed by atoms with Crippen LogP contribution in [0.5, 0.6) is 11.5 Å². The van der Waals surface area contributed by atoms with Crippen LogP contribution in [0.25, 0.3) is 0 Å². The summed E-state index contributed by atoms with van der Waals surface area (Å²) in [5.74, 6) is -3.07. The van der Waals surface area contributed by atoms with Crippen LogP contribution in [0.1, 0.15) is 10.4 Å². The minimum Gasteiger partial charge on any atom is -0.492 e. The Morgan fingerprint density at radius 3 is 2.41 bits per heavy atom. The molecule has 0 radical (unpaired) electrons. The molecular formula is C9H9FN2O5. The monoisotopic (exact) mass is 244 g/mol. The quantitative estimate of drug-likeness (QED) is 0.624. The lowest BCUT2D eigenvalue weighted by atomic mass is 10.1. The number of halogens is 1. The van der Waals surface area contributed by atoms with E-state index >= 15 is 0 Å². The van der Waals surface area contributed by atoms with E-state index < -0.39 is 33.6 Å². The predicted molar refractivity (Wildman–Crippen MR) is 54.7 cm³/mol. The first-order valence-electron chi connectivity index (χ1n) is 4.32. The van der Waals surface area contributed by atoms with Crippen molar-refractivity contribution in [3.63, 3.8) is 0 Å². The molecule has 8 heteroatoms. The molecule has 1 aromatic carbocycles. The van der Waals surface area contributed by atoms with E-state index in [0.29, 0.717) is 0 Å². The lowest BCUT2D eigenvalue weighted by molar-refractivity contribution is -0.385. The molecule has 0 unspecified atom stereocenters. The Hall–Kier alpha value is -2.38. The van der Waals surface area contributed by atoms with Gasteiger partial charge in [-0.3, -0.25) is 14.9 Å². The summed E-state index contributed by atoms with van der Waals surface area (Å²) in [6.45, 7) is 0. The average Bonchev–Trinajstić information content (AvgIpc) is 2.26. The Bertz CT molecular complexity index is 489. The zero-order valence-corrected chi connectivity index (χ0v) is 9.02. The molecule has 0 bridgehead atoms. The van der Waals surface area contributed by atoms with Crippen molar-refractivity contribution in [2.45, 2.75) is 0 Å². The van der Waals surface area contributed by atoms with Crippen LogP contribution in [0, 0.1) is 15.9 Å². The topological polar surface area (TPSA) is 105 Å². The van der Waals surface area contributed by atoms with Crippen molar-refractivity contribution in [1.82, 2.24) is 0 Å². The number of nitro benzene ring substituents is 1. The molecule has 92 valence electrons. The van der Waals surface area contributed by atoms with Crippen LogP contribution < -0.4 is 15.2 Å². The number of nitro groups is 1. The predicted octanol–water partition coefficient (Wildman–Crippen LogP) is 0.850. The highest BCUT2D eigenvalue weighted by molar-refractivity contribution is 5.98. The molecule has 0 aromatic heterocycles. The van der Waals surface area contributed by atoms with Crippen molar-refractivity contribution < 1.29 is 23.6 Å². The van der Waals surface area contributed by atoms with E-state index in [4.69, 9.17) is 10.5 Å². The van der Waals surface area contributed by atoms with Gasteiger partial charge in [-0.05, 0) is 0 Å². The molecule has 17 heavy (non-hydrogen) atoms. The second-order valence-corrected chi connectivity index (χ2v) is 2.94. The van der Waals surface area contributed by atoms with Crippen molar-refractivity contribution in [2.24, 2.45) is 5.73 Å². The average molecular weight is 244 g/mol. The van der Waals surface area contributed by atoms with Gasteiger partial charge in [0.25, 0.3) is 11.6 Å². The first kappa shape index (κ1) is 12.7. The van der Waals surface area contributed by atoms with Crippen LogP contribution in [-0.4, -0.2) is 25.1 Å². The fourth-order valence-electron chi connectivity index (χ4n) is 1.32. The van der Waals surface area contributed by atoms with Crippen LogP contribution in [-0.2, 0) is 0 Å². The van der Waals surface area contributed by atoms with E-state index in [-0.39, 0.29) is 5.75 Å². The highest BCUT2D eigenvalue weighted by Crippen LogP contribution is 2.37. The summed E-state index contributed by atoms with van der Waals surface area (Å²) in [6, 6.07) is 0.877. The van der Waals surface area contributed by atoms with E-state index in [1.54, 1.807) is 0 Å². The fourth-order valence-corrected chi connectivity index (χ4v) is 1.32. The molecule has 0 aliphatic carbocycles. The molecule has 0 fully saturated rings. The molecule has 0 spiro atoms. The van der Waals surface area contributed by atoms with Gasteiger partial charge < -0.3 is 15.2 Å². The van der Waals surface area contributed by atoms with Gasteiger partial charge in [0.2, 0.25) is 0 Å². The van der Waals surface area contributed by atoms with Gasteiger partial charge in [-0.2, -0.15) is 0 Å². The van der Waals surface area contributed by atoms with Crippen molar-refractivity contribution >= 4 is 11.6 Å². The number of hydrogen-bond acceptors (Lipinski definition) is 5. The number of hydrogen-bond donors (Lipinski definition) is 1. The van der Waals surface area contributed by atoms with Crippen LogP contribution in [0.3, 0.4) is 0 Å². The smallest absolute Gasteiger partial charge is 0.289 e. The second-order valence-electron chi connectivity index (χ2n) is 2.94. The third-order valence-electron chi connectivity index (χ3n) is 2.03. The minimum atomic E-state index is -1.25. The molecule has 7 nitrogen and oxygen atoms in total. The molecule has 2 N–H and O–H groups in total. The number of rotatable bonds is 4. The Morgan fingerprint density at radius 1 is 1.47 bits per heavy atom. The third kappa shape index (κ3) is 2.10. The van der Waals surface area contributed by atoms with Crippen LogP contribution in [0.4, 0.5) is 10.1 Å². The van der Waals surface area contributed by atoms with Crippen molar-refractivity contribution in [3.8, 4) is 11.5 Å². The zero-order chi connectivity index (χ0) is 13.2. The molecule has 0 atom stereocenters. The Morgan fingerprint density at radius 2 is 2.06 bits per heavy atom. The van der Waals surface area contributed by atoms with Crippen LogP contribution in [0.15, 0.2) is 6.07 Å². The Labute approximate surface area is 95.1 Å². The first-order valence-corrected chi connectivity index (χ1v) is 4.32. The van der Waals surface area contributed by atoms with Gasteiger partial charge in [-0.1, -0.05) is 0 Å². The highest BCUT2D eigenvalue weighted by atomic mass is 19.1. The van der Waals surface area contributed by atoms with Gasteiger partial charge in [0.1, 0.15) is 0 Å². The summed E-state index contributed by atoms with van der Waals surface area (Å²) >= 11 is 0. The molecular weight excluding hydrogens is 235 g/mol. The maximum atomic E-state index is 13.8. The lowest BCUT2D eigenvalue weighted by Gasteiger charge is -2.10. The fraction of sp³-hybridized carbons (Fsp3) is 0.222.